The second-order valence-electron chi connectivity index (χ2n) is 3.92. The highest BCUT2D eigenvalue weighted by Crippen LogP contribution is 2.36. The molecular formula is C10H21N. The maximum atomic E-state index is 6.30. The summed E-state index contributed by atoms with van der Waals surface area (Å²) in [5.74, 6) is 0.817. The molecule has 11 heavy (non-hydrogen) atoms. The zero-order valence-corrected chi connectivity index (χ0v) is 7.90. The van der Waals surface area contributed by atoms with Crippen molar-refractivity contribution in [3.8, 4) is 0 Å². The average molecular weight is 155 g/mol. The van der Waals surface area contributed by atoms with Crippen molar-refractivity contribution in [2.75, 3.05) is 0 Å². The molecule has 0 bridgehead atoms. The fourth-order valence-corrected chi connectivity index (χ4v) is 2.33. The topological polar surface area (TPSA) is 26.0 Å². The number of nitrogens with two attached hydrogens (primary N) is 1. The first-order valence-electron chi connectivity index (χ1n) is 5.02. The van der Waals surface area contributed by atoms with Crippen LogP contribution in [0.25, 0.3) is 0 Å². The molecule has 1 saturated carbocycles. The Morgan fingerprint density at radius 1 is 1.18 bits per heavy atom. The molecule has 0 saturated heterocycles. The minimum atomic E-state index is 0.163. The SMILES string of the molecule is CCC(N)(CC)C1CCCC1. The molecule has 0 unspecified atom stereocenters. The van der Waals surface area contributed by atoms with E-state index < -0.39 is 0 Å². The van der Waals surface area contributed by atoms with Gasteiger partial charge in [0.25, 0.3) is 0 Å². The van der Waals surface area contributed by atoms with Crippen LogP contribution in [0.1, 0.15) is 52.4 Å². The Morgan fingerprint density at radius 3 is 2.00 bits per heavy atom. The van der Waals surface area contributed by atoms with Gasteiger partial charge in [0.15, 0.2) is 0 Å². The van der Waals surface area contributed by atoms with Crippen LogP contribution in [0.2, 0.25) is 0 Å². The van der Waals surface area contributed by atoms with Crippen LogP contribution in [0.3, 0.4) is 0 Å². The van der Waals surface area contributed by atoms with Gasteiger partial charge in [-0.2, -0.15) is 0 Å². The van der Waals surface area contributed by atoms with Crippen molar-refractivity contribution in [3.63, 3.8) is 0 Å². The summed E-state index contributed by atoms with van der Waals surface area (Å²) in [5.41, 5.74) is 6.47. The van der Waals surface area contributed by atoms with Gasteiger partial charge in [-0.3, -0.25) is 0 Å². The Labute approximate surface area is 70.4 Å². The molecular weight excluding hydrogens is 134 g/mol. The van der Waals surface area contributed by atoms with E-state index in [1.807, 2.05) is 0 Å². The Balaban J connectivity index is 2.52. The van der Waals surface area contributed by atoms with E-state index in [9.17, 15) is 0 Å². The number of rotatable bonds is 3. The van der Waals surface area contributed by atoms with Gasteiger partial charge in [-0.25, -0.2) is 0 Å². The van der Waals surface area contributed by atoms with Gasteiger partial charge in [0.2, 0.25) is 0 Å². The summed E-state index contributed by atoms with van der Waals surface area (Å²) in [6.45, 7) is 4.45. The molecule has 0 aromatic carbocycles. The maximum absolute atomic E-state index is 6.30. The molecule has 1 heteroatoms. The van der Waals surface area contributed by atoms with E-state index >= 15 is 0 Å². The van der Waals surface area contributed by atoms with Gasteiger partial charge >= 0.3 is 0 Å². The van der Waals surface area contributed by atoms with E-state index in [2.05, 4.69) is 13.8 Å². The Morgan fingerprint density at radius 2 is 1.64 bits per heavy atom. The lowest BCUT2D eigenvalue weighted by molar-refractivity contribution is 0.255. The third-order valence-electron chi connectivity index (χ3n) is 3.48. The van der Waals surface area contributed by atoms with E-state index in [0.717, 1.165) is 18.8 Å². The predicted molar refractivity (Wildman–Crippen MR) is 49.5 cm³/mol. The van der Waals surface area contributed by atoms with E-state index in [1.54, 1.807) is 0 Å². The predicted octanol–water partition coefficient (Wildman–Crippen LogP) is 2.69. The van der Waals surface area contributed by atoms with Gasteiger partial charge < -0.3 is 5.73 Å². The number of hydrogen-bond acceptors (Lipinski definition) is 1. The highest BCUT2D eigenvalue weighted by atomic mass is 14.8. The molecule has 0 atom stereocenters. The highest BCUT2D eigenvalue weighted by molar-refractivity contribution is 4.91. The highest BCUT2D eigenvalue weighted by Gasteiger charge is 2.32. The van der Waals surface area contributed by atoms with Crippen LogP contribution in [0, 0.1) is 5.92 Å². The summed E-state index contributed by atoms with van der Waals surface area (Å²) in [4.78, 5) is 0. The van der Waals surface area contributed by atoms with Gasteiger partial charge in [-0.15, -0.1) is 0 Å². The van der Waals surface area contributed by atoms with Crippen molar-refractivity contribution < 1.29 is 0 Å². The van der Waals surface area contributed by atoms with Crippen molar-refractivity contribution in [2.24, 2.45) is 11.7 Å². The third-order valence-corrected chi connectivity index (χ3v) is 3.48. The smallest absolute Gasteiger partial charge is 0.0177 e. The lowest BCUT2D eigenvalue weighted by atomic mass is 9.79. The van der Waals surface area contributed by atoms with Crippen LogP contribution in [0.5, 0.6) is 0 Å². The van der Waals surface area contributed by atoms with Crippen LogP contribution < -0.4 is 5.73 Å². The summed E-state index contributed by atoms with van der Waals surface area (Å²) >= 11 is 0. The molecule has 1 rings (SSSR count). The zero-order valence-electron chi connectivity index (χ0n) is 7.90. The monoisotopic (exact) mass is 155 g/mol. The van der Waals surface area contributed by atoms with Crippen molar-refractivity contribution >= 4 is 0 Å². The molecule has 0 heterocycles. The summed E-state index contributed by atoms with van der Waals surface area (Å²) in [5, 5.41) is 0. The molecule has 0 aliphatic heterocycles. The first kappa shape index (κ1) is 9.05. The van der Waals surface area contributed by atoms with E-state index in [-0.39, 0.29) is 5.54 Å². The Hall–Kier alpha value is -0.0400. The van der Waals surface area contributed by atoms with Crippen molar-refractivity contribution in [1.29, 1.82) is 0 Å². The van der Waals surface area contributed by atoms with Crippen LogP contribution in [0.15, 0.2) is 0 Å². The van der Waals surface area contributed by atoms with Crippen LogP contribution in [-0.4, -0.2) is 5.54 Å². The Kier molecular flexibility index (Phi) is 2.94. The van der Waals surface area contributed by atoms with Crippen molar-refractivity contribution in [2.45, 2.75) is 57.9 Å². The fourth-order valence-electron chi connectivity index (χ4n) is 2.33. The zero-order chi connectivity index (χ0) is 8.32. The summed E-state index contributed by atoms with van der Waals surface area (Å²) in [6, 6.07) is 0. The molecule has 0 amide bonds. The quantitative estimate of drug-likeness (QED) is 0.666. The molecule has 1 nitrogen and oxygen atoms in total. The van der Waals surface area contributed by atoms with Crippen LogP contribution in [-0.2, 0) is 0 Å². The van der Waals surface area contributed by atoms with Crippen molar-refractivity contribution in [1.82, 2.24) is 0 Å². The van der Waals surface area contributed by atoms with Crippen LogP contribution >= 0.6 is 0 Å². The van der Waals surface area contributed by atoms with Crippen molar-refractivity contribution in [3.05, 3.63) is 0 Å². The van der Waals surface area contributed by atoms with Gasteiger partial charge in [-0.05, 0) is 31.6 Å². The Bertz CT molecular complexity index is 110. The van der Waals surface area contributed by atoms with E-state index in [1.165, 1.54) is 25.7 Å². The molecule has 66 valence electrons. The molecule has 0 aromatic rings. The second-order valence-corrected chi connectivity index (χ2v) is 3.92. The lowest BCUT2D eigenvalue weighted by Gasteiger charge is -2.33. The van der Waals surface area contributed by atoms with Crippen LogP contribution in [0.4, 0.5) is 0 Å². The maximum Gasteiger partial charge on any atom is 0.0177 e. The van der Waals surface area contributed by atoms with E-state index in [4.69, 9.17) is 5.73 Å². The van der Waals surface area contributed by atoms with E-state index in [0.29, 0.717) is 0 Å². The first-order valence-corrected chi connectivity index (χ1v) is 5.02. The third kappa shape index (κ3) is 1.76. The molecule has 0 spiro atoms. The number of hydrogen-bond donors (Lipinski definition) is 1. The molecule has 0 aromatic heterocycles. The minimum Gasteiger partial charge on any atom is -0.325 e. The molecule has 0 radical (unpaired) electrons. The van der Waals surface area contributed by atoms with Gasteiger partial charge in [0.1, 0.15) is 0 Å². The average Bonchev–Trinajstić information content (AvgIpc) is 2.55. The summed E-state index contributed by atoms with van der Waals surface area (Å²) in [7, 11) is 0. The lowest BCUT2D eigenvalue weighted by Crippen LogP contribution is -2.44. The largest absolute Gasteiger partial charge is 0.325 e. The molecule has 1 aliphatic rings. The molecule has 1 fully saturated rings. The fraction of sp³-hybridized carbons (Fsp3) is 1.00. The van der Waals surface area contributed by atoms with Gasteiger partial charge in [0, 0.05) is 5.54 Å². The first-order chi connectivity index (χ1) is 5.23. The summed E-state index contributed by atoms with van der Waals surface area (Å²) < 4.78 is 0. The standard InChI is InChI=1S/C10H21N/c1-3-10(11,4-2)9-7-5-6-8-9/h9H,3-8,11H2,1-2H3. The second kappa shape index (κ2) is 3.57. The van der Waals surface area contributed by atoms with Gasteiger partial charge in [-0.1, -0.05) is 26.7 Å². The summed E-state index contributed by atoms with van der Waals surface area (Å²) in [6.07, 6.45) is 7.85. The minimum absolute atomic E-state index is 0.163. The normalized spacial score (nSPS) is 21.0. The molecule has 1 aliphatic carbocycles. The van der Waals surface area contributed by atoms with Gasteiger partial charge in [0.05, 0.1) is 0 Å². The molecule has 2 N–H and O–H groups in total.